The van der Waals surface area contributed by atoms with Crippen LogP contribution in [0.25, 0.3) is 6.08 Å². The second-order valence-electron chi connectivity index (χ2n) is 3.33. The summed E-state index contributed by atoms with van der Waals surface area (Å²) in [7, 11) is 0. The highest BCUT2D eigenvalue weighted by molar-refractivity contribution is 6.10. The van der Waals surface area contributed by atoms with Gasteiger partial charge in [-0.25, -0.2) is 0 Å². The second kappa shape index (κ2) is 3.33. The van der Waals surface area contributed by atoms with Crippen LogP contribution in [0, 0.1) is 0 Å². The average molecular weight is 229 g/mol. The van der Waals surface area contributed by atoms with E-state index in [0.717, 1.165) is 6.08 Å². The molecule has 3 nitrogen and oxygen atoms in total. The summed E-state index contributed by atoms with van der Waals surface area (Å²) in [5.74, 6) is -1.49. The fourth-order valence-corrected chi connectivity index (χ4v) is 1.47. The minimum Gasteiger partial charge on any atom is -0.506 e. The molecule has 1 N–H and O–H groups in total. The quantitative estimate of drug-likeness (QED) is 0.695. The SMILES string of the molecule is O=C1C=c2cccc(O)c2=NC1C(F)(F)F. The van der Waals surface area contributed by atoms with E-state index in [1.807, 2.05) is 0 Å². The smallest absolute Gasteiger partial charge is 0.418 e. The van der Waals surface area contributed by atoms with E-state index >= 15 is 0 Å². The molecule has 1 atom stereocenters. The van der Waals surface area contributed by atoms with Crippen LogP contribution in [0.4, 0.5) is 13.2 Å². The number of para-hydroxylation sites is 1. The van der Waals surface area contributed by atoms with Gasteiger partial charge in [0.15, 0.2) is 5.78 Å². The molecular weight excluding hydrogens is 223 g/mol. The number of phenols is 1. The molecule has 0 fully saturated rings. The van der Waals surface area contributed by atoms with Gasteiger partial charge in [-0.15, -0.1) is 0 Å². The number of alkyl halides is 3. The molecule has 1 aliphatic rings. The summed E-state index contributed by atoms with van der Waals surface area (Å²) in [6, 6.07) is 1.66. The average Bonchev–Trinajstić information content (AvgIpc) is 2.15. The van der Waals surface area contributed by atoms with Gasteiger partial charge in [0.2, 0.25) is 6.04 Å². The van der Waals surface area contributed by atoms with Crippen LogP contribution in [-0.2, 0) is 4.79 Å². The van der Waals surface area contributed by atoms with Crippen LogP contribution < -0.4 is 10.6 Å². The molecule has 6 heteroatoms. The third kappa shape index (κ3) is 1.66. The highest BCUT2D eigenvalue weighted by Crippen LogP contribution is 2.24. The Morgan fingerprint density at radius 1 is 1.31 bits per heavy atom. The Labute approximate surface area is 87.5 Å². The lowest BCUT2D eigenvalue weighted by molar-refractivity contribution is -0.157. The Bertz CT molecular complexity index is 562. The van der Waals surface area contributed by atoms with E-state index in [1.54, 1.807) is 0 Å². The van der Waals surface area contributed by atoms with Crippen molar-refractivity contribution in [2.75, 3.05) is 0 Å². The Kier molecular flexibility index (Phi) is 2.22. The van der Waals surface area contributed by atoms with Crippen molar-refractivity contribution in [3.63, 3.8) is 0 Å². The summed E-state index contributed by atoms with van der Waals surface area (Å²) in [6.45, 7) is 0. The van der Waals surface area contributed by atoms with Crippen molar-refractivity contribution in [1.29, 1.82) is 0 Å². The van der Waals surface area contributed by atoms with Gasteiger partial charge in [-0.05, 0) is 12.1 Å². The van der Waals surface area contributed by atoms with Gasteiger partial charge in [-0.3, -0.25) is 9.79 Å². The molecule has 0 bridgehead atoms. The lowest BCUT2D eigenvalue weighted by Crippen LogP contribution is -2.43. The topological polar surface area (TPSA) is 49.7 Å². The molecule has 1 aromatic carbocycles. The first kappa shape index (κ1) is 10.7. The highest BCUT2D eigenvalue weighted by atomic mass is 19.4. The van der Waals surface area contributed by atoms with E-state index < -0.39 is 18.0 Å². The van der Waals surface area contributed by atoms with Gasteiger partial charge in [-0.1, -0.05) is 12.1 Å². The summed E-state index contributed by atoms with van der Waals surface area (Å²) in [4.78, 5) is 14.4. The molecule has 1 aromatic rings. The van der Waals surface area contributed by atoms with Crippen LogP contribution in [-0.4, -0.2) is 23.1 Å². The molecule has 0 saturated heterocycles. The van der Waals surface area contributed by atoms with Crippen molar-refractivity contribution in [3.05, 3.63) is 28.8 Å². The summed E-state index contributed by atoms with van der Waals surface area (Å²) in [5, 5.41) is 9.34. The Morgan fingerprint density at radius 3 is 2.62 bits per heavy atom. The standard InChI is InChI=1S/C10H6F3NO2/c11-10(12,13)9-7(16)4-5-2-1-3-6(15)8(5)14-9/h1-4,9,15H. The Hall–Kier alpha value is -1.85. The molecule has 0 amide bonds. The first-order valence-corrected chi connectivity index (χ1v) is 4.38. The van der Waals surface area contributed by atoms with Crippen LogP contribution in [0.1, 0.15) is 0 Å². The maximum atomic E-state index is 12.4. The highest BCUT2D eigenvalue weighted by Gasteiger charge is 2.44. The summed E-state index contributed by atoms with van der Waals surface area (Å²) in [6.07, 6.45) is -3.88. The number of Topliss-reactive ketones (excluding diaryl/α,β-unsaturated/α-hetero) is 1. The molecule has 1 heterocycles. The maximum absolute atomic E-state index is 12.4. The van der Waals surface area contributed by atoms with E-state index in [-0.39, 0.29) is 16.3 Å². The number of halogens is 3. The number of rotatable bonds is 0. The van der Waals surface area contributed by atoms with Crippen molar-refractivity contribution in [2.24, 2.45) is 4.99 Å². The molecule has 0 radical (unpaired) electrons. The van der Waals surface area contributed by atoms with E-state index in [2.05, 4.69) is 4.99 Å². The third-order valence-corrected chi connectivity index (χ3v) is 2.18. The Balaban J connectivity index is 2.70. The summed E-state index contributed by atoms with van der Waals surface area (Å²) in [5.41, 5.74) is 0. The molecule has 0 spiro atoms. The number of ketones is 1. The van der Waals surface area contributed by atoms with Crippen molar-refractivity contribution < 1.29 is 23.1 Å². The molecule has 84 valence electrons. The van der Waals surface area contributed by atoms with Gasteiger partial charge in [0, 0.05) is 5.22 Å². The van der Waals surface area contributed by atoms with Crippen LogP contribution in [0.2, 0.25) is 0 Å². The van der Waals surface area contributed by atoms with Crippen molar-refractivity contribution in [1.82, 2.24) is 0 Å². The predicted molar refractivity (Wildman–Crippen MR) is 48.2 cm³/mol. The number of fused-ring (bicyclic) bond motifs is 1. The molecule has 1 aliphatic heterocycles. The number of phenolic OH excluding ortho intramolecular Hbond substituents is 1. The minimum absolute atomic E-state index is 0.190. The number of hydrogen-bond donors (Lipinski definition) is 1. The number of benzene rings is 1. The monoisotopic (exact) mass is 229 g/mol. The molecule has 0 aliphatic carbocycles. The zero-order valence-electron chi connectivity index (χ0n) is 7.82. The van der Waals surface area contributed by atoms with Crippen LogP contribution in [0.3, 0.4) is 0 Å². The van der Waals surface area contributed by atoms with Gasteiger partial charge in [0.05, 0.1) is 0 Å². The first-order chi connectivity index (χ1) is 7.39. The molecular formula is C10H6F3NO2. The predicted octanol–water partition coefficient (Wildman–Crippen LogP) is 0.306. The largest absolute Gasteiger partial charge is 0.506 e. The number of hydrogen-bond acceptors (Lipinski definition) is 3. The van der Waals surface area contributed by atoms with Crippen molar-refractivity contribution >= 4 is 11.9 Å². The fourth-order valence-electron chi connectivity index (χ4n) is 1.47. The first-order valence-electron chi connectivity index (χ1n) is 4.38. The van der Waals surface area contributed by atoms with Gasteiger partial charge >= 0.3 is 6.18 Å². The molecule has 2 rings (SSSR count). The Morgan fingerprint density at radius 2 is 2.00 bits per heavy atom. The normalized spacial score (nSPS) is 19.7. The van der Waals surface area contributed by atoms with E-state index in [0.29, 0.717) is 0 Å². The van der Waals surface area contributed by atoms with Crippen LogP contribution in [0.5, 0.6) is 5.75 Å². The molecule has 16 heavy (non-hydrogen) atoms. The van der Waals surface area contributed by atoms with Gasteiger partial charge < -0.3 is 5.11 Å². The van der Waals surface area contributed by atoms with E-state index in [4.69, 9.17) is 0 Å². The lowest BCUT2D eigenvalue weighted by Gasteiger charge is -2.15. The third-order valence-electron chi connectivity index (χ3n) is 2.18. The zero-order chi connectivity index (χ0) is 11.9. The lowest BCUT2D eigenvalue weighted by atomic mass is 10.1. The maximum Gasteiger partial charge on any atom is 0.418 e. The van der Waals surface area contributed by atoms with Gasteiger partial charge in [0.25, 0.3) is 0 Å². The molecule has 0 aromatic heterocycles. The van der Waals surface area contributed by atoms with Crippen molar-refractivity contribution in [3.8, 4) is 5.75 Å². The summed E-state index contributed by atoms with van der Waals surface area (Å²) >= 11 is 0. The van der Waals surface area contributed by atoms with E-state index in [9.17, 15) is 23.1 Å². The van der Waals surface area contributed by atoms with E-state index in [1.165, 1.54) is 18.2 Å². The van der Waals surface area contributed by atoms with Gasteiger partial charge in [0.1, 0.15) is 11.1 Å². The number of carbonyl (C=O) groups excluding carboxylic acids is 1. The number of aromatic hydroxyl groups is 1. The van der Waals surface area contributed by atoms with Crippen LogP contribution >= 0.6 is 0 Å². The zero-order valence-corrected chi connectivity index (χ0v) is 7.82. The molecule has 0 saturated carbocycles. The number of nitrogens with zero attached hydrogens (tertiary/aromatic N) is 1. The van der Waals surface area contributed by atoms with Crippen LogP contribution in [0.15, 0.2) is 23.2 Å². The minimum atomic E-state index is -4.73. The molecule has 1 unspecified atom stereocenters. The second-order valence-corrected chi connectivity index (χ2v) is 3.33. The van der Waals surface area contributed by atoms with Crippen molar-refractivity contribution in [2.45, 2.75) is 12.2 Å². The number of carbonyl (C=O) groups is 1. The summed E-state index contributed by atoms with van der Waals surface area (Å²) < 4.78 is 37.2. The fraction of sp³-hybridized carbons (Fsp3) is 0.200. The van der Waals surface area contributed by atoms with Gasteiger partial charge in [-0.2, -0.15) is 13.2 Å².